The topological polar surface area (TPSA) is 78.9 Å². The summed E-state index contributed by atoms with van der Waals surface area (Å²) in [6, 6.07) is 0. The van der Waals surface area contributed by atoms with E-state index in [4.69, 9.17) is 9.47 Å². The molecule has 0 atom stereocenters. The summed E-state index contributed by atoms with van der Waals surface area (Å²) in [6.07, 6.45) is -0.333. The molecule has 0 spiro atoms. The molecule has 0 saturated carbocycles. The molecule has 7 heteroatoms. The lowest BCUT2D eigenvalue weighted by Gasteiger charge is -2.16. The monoisotopic (exact) mass is 282 g/mol. The Morgan fingerprint density at radius 1 is 1.06 bits per heavy atom. The highest BCUT2D eigenvalue weighted by molar-refractivity contribution is 7.92. The lowest BCUT2D eigenvalue weighted by Crippen LogP contribution is -2.25. The van der Waals surface area contributed by atoms with E-state index in [1.807, 2.05) is 0 Å². The molecular formula is C11H22O6S. The molecule has 0 radical (unpaired) electrons. The maximum atomic E-state index is 11.6. The zero-order chi connectivity index (χ0) is 14.0. The number of carbonyl (C=O) groups excluding carboxylic acids is 1. The van der Waals surface area contributed by atoms with Crippen molar-refractivity contribution in [2.45, 2.75) is 33.5 Å². The van der Waals surface area contributed by atoms with Crippen molar-refractivity contribution in [3.63, 3.8) is 0 Å². The van der Waals surface area contributed by atoms with Crippen molar-refractivity contribution < 1.29 is 27.4 Å². The number of hydrogen-bond donors (Lipinski definition) is 0. The standard InChI is InChI=1S/C11H22O6S/c1-4-15-10(12)9-18(13,14)8-7-11(16-5-2)17-6-3/h11H,4-9H2,1-3H3. The minimum atomic E-state index is -3.47. The summed E-state index contributed by atoms with van der Waals surface area (Å²) >= 11 is 0. The zero-order valence-corrected chi connectivity index (χ0v) is 12.0. The van der Waals surface area contributed by atoms with Gasteiger partial charge in [0, 0.05) is 19.6 Å². The molecular weight excluding hydrogens is 260 g/mol. The van der Waals surface area contributed by atoms with E-state index in [1.54, 1.807) is 20.8 Å². The molecule has 0 unspecified atom stereocenters. The third-order valence-electron chi connectivity index (χ3n) is 2.01. The van der Waals surface area contributed by atoms with E-state index in [0.717, 1.165) is 0 Å². The van der Waals surface area contributed by atoms with E-state index in [0.29, 0.717) is 13.2 Å². The maximum Gasteiger partial charge on any atom is 0.321 e. The normalized spacial score (nSPS) is 11.8. The first-order valence-corrected chi connectivity index (χ1v) is 7.86. The molecule has 0 N–H and O–H groups in total. The number of ether oxygens (including phenoxy) is 3. The summed E-state index contributed by atoms with van der Waals surface area (Å²) in [7, 11) is -3.47. The van der Waals surface area contributed by atoms with E-state index in [-0.39, 0.29) is 18.8 Å². The van der Waals surface area contributed by atoms with Gasteiger partial charge in [0.25, 0.3) is 0 Å². The van der Waals surface area contributed by atoms with Gasteiger partial charge in [-0.15, -0.1) is 0 Å². The highest BCUT2D eigenvalue weighted by Gasteiger charge is 2.20. The lowest BCUT2D eigenvalue weighted by molar-refractivity contribution is -0.140. The van der Waals surface area contributed by atoms with Gasteiger partial charge in [0.15, 0.2) is 16.1 Å². The van der Waals surface area contributed by atoms with Crippen LogP contribution in [0.1, 0.15) is 27.2 Å². The highest BCUT2D eigenvalue weighted by Crippen LogP contribution is 2.05. The second-order valence-corrected chi connectivity index (χ2v) is 5.71. The van der Waals surface area contributed by atoms with Crippen LogP contribution in [0.15, 0.2) is 0 Å². The van der Waals surface area contributed by atoms with Crippen LogP contribution in [0.2, 0.25) is 0 Å². The fraction of sp³-hybridized carbons (Fsp3) is 0.909. The van der Waals surface area contributed by atoms with Crippen molar-refractivity contribution in [3.8, 4) is 0 Å². The first kappa shape index (κ1) is 17.3. The summed E-state index contributed by atoms with van der Waals surface area (Å²) in [5.41, 5.74) is 0. The molecule has 0 aromatic heterocycles. The Bertz CT molecular complexity index is 318. The predicted octanol–water partition coefficient (Wildman–Crippen LogP) is 0.753. The molecule has 0 aliphatic heterocycles. The Morgan fingerprint density at radius 2 is 1.61 bits per heavy atom. The average molecular weight is 282 g/mol. The minimum absolute atomic E-state index is 0.156. The average Bonchev–Trinajstić information content (AvgIpc) is 2.26. The Morgan fingerprint density at radius 3 is 2.06 bits per heavy atom. The third-order valence-corrected chi connectivity index (χ3v) is 3.55. The molecule has 0 fully saturated rings. The van der Waals surface area contributed by atoms with Crippen LogP contribution in [-0.2, 0) is 28.8 Å². The highest BCUT2D eigenvalue weighted by atomic mass is 32.2. The van der Waals surface area contributed by atoms with Crippen molar-refractivity contribution in [2.75, 3.05) is 31.3 Å². The SMILES string of the molecule is CCOC(=O)CS(=O)(=O)CCC(OCC)OCC. The van der Waals surface area contributed by atoms with Crippen LogP contribution in [-0.4, -0.2) is 52.0 Å². The molecule has 0 saturated heterocycles. The molecule has 0 amide bonds. The van der Waals surface area contributed by atoms with Crippen LogP contribution < -0.4 is 0 Å². The molecule has 0 aliphatic carbocycles. The van der Waals surface area contributed by atoms with Gasteiger partial charge in [-0.1, -0.05) is 0 Å². The third kappa shape index (κ3) is 8.43. The van der Waals surface area contributed by atoms with Gasteiger partial charge in [0.2, 0.25) is 0 Å². The van der Waals surface area contributed by atoms with Crippen molar-refractivity contribution in [1.82, 2.24) is 0 Å². The van der Waals surface area contributed by atoms with Gasteiger partial charge in [-0.25, -0.2) is 8.42 Å². The van der Waals surface area contributed by atoms with Crippen LogP contribution in [0.4, 0.5) is 0 Å². The Hall–Kier alpha value is -0.660. The Balaban J connectivity index is 4.18. The molecule has 0 aromatic carbocycles. The molecule has 6 nitrogen and oxygen atoms in total. The maximum absolute atomic E-state index is 11.6. The quantitative estimate of drug-likeness (QED) is 0.434. The second kappa shape index (κ2) is 9.29. The summed E-state index contributed by atoms with van der Waals surface area (Å²) in [5.74, 6) is -1.47. The van der Waals surface area contributed by atoms with Crippen LogP contribution >= 0.6 is 0 Å². The molecule has 0 rings (SSSR count). The first-order chi connectivity index (χ1) is 8.45. The Labute approximate surface area is 109 Å². The van der Waals surface area contributed by atoms with E-state index in [2.05, 4.69) is 4.74 Å². The van der Waals surface area contributed by atoms with Gasteiger partial charge in [-0.2, -0.15) is 0 Å². The smallest absolute Gasteiger partial charge is 0.321 e. The van der Waals surface area contributed by atoms with Gasteiger partial charge in [-0.3, -0.25) is 4.79 Å². The van der Waals surface area contributed by atoms with E-state index >= 15 is 0 Å². The summed E-state index contributed by atoms with van der Waals surface area (Å²) in [5, 5.41) is 0. The zero-order valence-electron chi connectivity index (χ0n) is 11.2. The fourth-order valence-corrected chi connectivity index (χ4v) is 2.46. The van der Waals surface area contributed by atoms with Gasteiger partial charge in [0.05, 0.1) is 12.4 Å². The number of sulfone groups is 1. The number of carbonyl (C=O) groups is 1. The first-order valence-electron chi connectivity index (χ1n) is 6.04. The van der Waals surface area contributed by atoms with Crippen LogP contribution in [0, 0.1) is 0 Å². The van der Waals surface area contributed by atoms with Gasteiger partial charge in [-0.05, 0) is 20.8 Å². The van der Waals surface area contributed by atoms with E-state index in [9.17, 15) is 13.2 Å². The number of esters is 1. The van der Waals surface area contributed by atoms with Crippen molar-refractivity contribution in [1.29, 1.82) is 0 Å². The van der Waals surface area contributed by atoms with Crippen molar-refractivity contribution >= 4 is 15.8 Å². The molecule has 18 heavy (non-hydrogen) atoms. The number of rotatable bonds is 10. The van der Waals surface area contributed by atoms with Gasteiger partial charge in [0.1, 0.15) is 5.75 Å². The van der Waals surface area contributed by atoms with Crippen LogP contribution in [0.25, 0.3) is 0 Å². The number of hydrogen-bond acceptors (Lipinski definition) is 6. The van der Waals surface area contributed by atoms with Crippen LogP contribution in [0.3, 0.4) is 0 Å². The lowest BCUT2D eigenvalue weighted by atomic mass is 10.5. The molecule has 0 heterocycles. The van der Waals surface area contributed by atoms with E-state index < -0.39 is 27.8 Å². The largest absolute Gasteiger partial charge is 0.465 e. The van der Waals surface area contributed by atoms with Crippen LogP contribution in [0.5, 0.6) is 0 Å². The Kier molecular flexibility index (Phi) is 8.95. The van der Waals surface area contributed by atoms with E-state index in [1.165, 1.54) is 0 Å². The van der Waals surface area contributed by atoms with Gasteiger partial charge < -0.3 is 14.2 Å². The minimum Gasteiger partial charge on any atom is -0.465 e. The predicted molar refractivity (Wildman–Crippen MR) is 66.9 cm³/mol. The summed E-state index contributed by atoms with van der Waals surface area (Å²) in [6.45, 7) is 6.31. The summed E-state index contributed by atoms with van der Waals surface area (Å²) < 4.78 is 38.3. The summed E-state index contributed by atoms with van der Waals surface area (Å²) in [4.78, 5) is 11.1. The van der Waals surface area contributed by atoms with Crippen molar-refractivity contribution in [2.24, 2.45) is 0 Å². The van der Waals surface area contributed by atoms with Gasteiger partial charge >= 0.3 is 5.97 Å². The fourth-order valence-electron chi connectivity index (χ4n) is 1.32. The molecule has 0 aliphatic rings. The molecule has 0 aromatic rings. The van der Waals surface area contributed by atoms with Crippen molar-refractivity contribution in [3.05, 3.63) is 0 Å². The molecule has 0 bridgehead atoms. The molecule has 108 valence electrons. The second-order valence-electron chi connectivity index (χ2n) is 3.53.